The Morgan fingerprint density at radius 3 is 2.56 bits per heavy atom. The third-order valence-electron chi connectivity index (χ3n) is 2.44. The molecule has 7 heteroatoms. The molecular formula is C11H8ClNO4S. The molecular weight excluding hydrogens is 278 g/mol. The fraction of sp³-hybridized carbons (Fsp3) is 0.273. The van der Waals surface area contributed by atoms with Gasteiger partial charge in [0.05, 0.1) is 4.92 Å². The van der Waals surface area contributed by atoms with Crippen LogP contribution < -0.4 is 0 Å². The number of benzene rings is 1. The first-order chi connectivity index (χ1) is 8.39. The van der Waals surface area contributed by atoms with Gasteiger partial charge in [0.2, 0.25) is 0 Å². The number of nitro groups is 1. The van der Waals surface area contributed by atoms with Gasteiger partial charge in [0.25, 0.3) is 14.7 Å². The molecule has 0 N–H and O–H groups in total. The molecule has 0 aromatic heterocycles. The van der Waals surface area contributed by atoms with E-state index in [0.29, 0.717) is 0 Å². The Bertz CT molecular complexity index is 668. The zero-order valence-corrected chi connectivity index (χ0v) is 10.7. The maximum atomic E-state index is 11.4. The molecule has 1 aliphatic rings. The number of halogens is 1. The summed E-state index contributed by atoms with van der Waals surface area (Å²) in [6.07, 6.45) is 1.88. The highest BCUT2D eigenvalue weighted by Crippen LogP contribution is 2.30. The quantitative estimate of drug-likeness (QED) is 0.361. The molecule has 0 heterocycles. The Hall–Kier alpha value is -1.58. The molecule has 1 aliphatic carbocycles. The molecule has 2 rings (SSSR count). The van der Waals surface area contributed by atoms with Gasteiger partial charge >= 0.3 is 0 Å². The summed E-state index contributed by atoms with van der Waals surface area (Å²) in [6, 6.07) is 3.70. The van der Waals surface area contributed by atoms with Crippen LogP contribution in [0.5, 0.6) is 0 Å². The van der Waals surface area contributed by atoms with Crippen LogP contribution in [-0.2, 0) is 9.05 Å². The van der Waals surface area contributed by atoms with Crippen molar-refractivity contribution in [1.82, 2.24) is 0 Å². The van der Waals surface area contributed by atoms with Crippen LogP contribution in [0.3, 0.4) is 0 Å². The lowest BCUT2D eigenvalue weighted by Gasteiger charge is -2.01. The van der Waals surface area contributed by atoms with Crippen LogP contribution >= 0.6 is 10.7 Å². The second-order valence-corrected chi connectivity index (χ2v) is 6.42. The van der Waals surface area contributed by atoms with Crippen molar-refractivity contribution >= 4 is 25.4 Å². The number of hydrogen-bond acceptors (Lipinski definition) is 4. The van der Waals surface area contributed by atoms with Gasteiger partial charge < -0.3 is 0 Å². The van der Waals surface area contributed by atoms with Gasteiger partial charge in [-0.1, -0.05) is 17.9 Å². The van der Waals surface area contributed by atoms with Gasteiger partial charge in [-0.2, -0.15) is 0 Å². The van der Waals surface area contributed by atoms with E-state index in [-0.39, 0.29) is 22.1 Å². The SMILES string of the molecule is O=[N+]([O-])c1cccc(S(=O)(=O)Cl)c1C#CC1CC1. The highest BCUT2D eigenvalue weighted by atomic mass is 35.7. The summed E-state index contributed by atoms with van der Waals surface area (Å²) in [4.78, 5) is 9.88. The summed E-state index contributed by atoms with van der Waals surface area (Å²) >= 11 is 0. The van der Waals surface area contributed by atoms with E-state index in [1.165, 1.54) is 18.2 Å². The predicted octanol–water partition coefficient (Wildman–Crippen LogP) is 2.28. The molecule has 0 bridgehead atoms. The summed E-state index contributed by atoms with van der Waals surface area (Å²) in [5, 5.41) is 10.9. The number of hydrogen-bond donors (Lipinski definition) is 0. The molecule has 5 nitrogen and oxygen atoms in total. The molecule has 0 aliphatic heterocycles. The lowest BCUT2D eigenvalue weighted by Crippen LogP contribution is -2.00. The van der Waals surface area contributed by atoms with E-state index in [1.807, 2.05) is 0 Å². The third-order valence-corrected chi connectivity index (χ3v) is 3.81. The van der Waals surface area contributed by atoms with Crippen molar-refractivity contribution in [3.8, 4) is 11.8 Å². The lowest BCUT2D eigenvalue weighted by atomic mass is 10.2. The van der Waals surface area contributed by atoms with E-state index in [4.69, 9.17) is 10.7 Å². The average molecular weight is 286 g/mol. The van der Waals surface area contributed by atoms with Crippen molar-refractivity contribution in [2.45, 2.75) is 17.7 Å². The molecule has 1 fully saturated rings. The molecule has 1 aromatic carbocycles. The van der Waals surface area contributed by atoms with Crippen molar-refractivity contribution in [3.05, 3.63) is 33.9 Å². The van der Waals surface area contributed by atoms with Gasteiger partial charge in [0.15, 0.2) is 0 Å². The van der Waals surface area contributed by atoms with E-state index in [0.717, 1.165) is 12.8 Å². The second-order valence-electron chi connectivity index (χ2n) is 3.89. The molecule has 0 unspecified atom stereocenters. The first-order valence-electron chi connectivity index (χ1n) is 5.13. The van der Waals surface area contributed by atoms with Crippen LogP contribution in [0.4, 0.5) is 5.69 Å². The lowest BCUT2D eigenvalue weighted by molar-refractivity contribution is -0.385. The normalized spacial score (nSPS) is 14.7. The first-order valence-corrected chi connectivity index (χ1v) is 7.44. The minimum Gasteiger partial charge on any atom is -0.258 e. The van der Waals surface area contributed by atoms with Crippen LogP contribution in [-0.4, -0.2) is 13.3 Å². The van der Waals surface area contributed by atoms with Crippen LogP contribution in [0.15, 0.2) is 23.1 Å². The van der Waals surface area contributed by atoms with Gasteiger partial charge in [-0.15, -0.1) is 0 Å². The summed E-state index contributed by atoms with van der Waals surface area (Å²) < 4.78 is 22.7. The maximum absolute atomic E-state index is 11.4. The standard InChI is InChI=1S/C11H8ClNO4S/c12-18(16,17)11-3-1-2-10(13(14)15)9(11)7-6-8-4-5-8/h1-3,8H,4-5H2. The Balaban J connectivity index is 2.64. The minimum absolute atomic E-state index is 0.135. The van der Waals surface area contributed by atoms with Crippen LogP contribution in [0.25, 0.3) is 0 Å². The van der Waals surface area contributed by atoms with Crippen molar-refractivity contribution in [2.24, 2.45) is 5.92 Å². The van der Waals surface area contributed by atoms with Crippen LogP contribution in [0.1, 0.15) is 18.4 Å². The molecule has 18 heavy (non-hydrogen) atoms. The predicted molar refractivity (Wildman–Crippen MR) is 65.7 cm³/mol. The van der Waals surface area contributed by atoms with E-state index >= 15 is 0 Å². The summed E-state index contributed by atoms with van der Waals surface area (Å²) in [5.41, 5.74) is -0.478. The number of nitrogens with zero attached hydrogens (tertiary/aromatic N) is 1. The highest BCUT2D eigenvalue weighted by molar-refractivity contribution is 8.13. The number of nitro benzene ring substituents is 1. The van der Waals surface area contributed by atoms with Crippen LogP contribution in [0, 0.1) is 27.9 Å². The zero-order chi connectivity index (χ0) is 13.3. The Morgan fingerprint density at radius 1 is 1.39 bits per heavy atom. The second kappa shape index (κ2) is 4.59. The zero-order valence-electron chi connectivity index (χ0n) is 9.09. The Kier molecular flexibility index (Phi) is 3.28. The molecule has 0 radical (unpaired) electrons. The average Bonchev–Trinajstić information content (AvgIpc) is 3.08. The van der Waals surface area contributed by atoms with Crippen molar-refractivity contribution in [3.63, 3.8) is 0 Å². The van der Waals surface area contributed by atoms with E-state index in [2.05, 4.69) is 11.8 Å². The Labute approximate surface area is 108 Å². The van der Waals surface area contributed by atoms with Crippen molar-refractivity contribution in [1.29, 1.82) is 0 Å². The molecule has 0 saturated heterocycles. The van der Waals surface area contributed by atoms with E-state index in [1.54, 1.807) is 0 Å². The van der Waals surface area contributed by atoms with Crippen LogP contribution in [0.2, 0.25) is 0 Å². The van der Waals surface area contributed by atoms with Gasteiger partial charge in [-0.05, 0) is 18.9 Å². The molecule has 1 aromatic rings. The largest absolute Gasteiger partial charge is 0.286 e. The monoisotopic (exact) mass is 285 g/mol. The highest BCUT2D eigenvalue weighted by Gasteiger charge is 2.24. The topological polar surface area (TPSA) is 77.3 Å². The van der Waals surface area contributed by atoms with Gasteiger partial charge in [0, 0.05) is 22.7 Å². The fourth-order valence-corrected chi connectivity index (χ4v) is 2.43. The van der Waals surface area contributed by atoms with E-state index in [9.17, 15) is 18.5 Å². The van der Waals surface area contributed by atoms with Gasteiger partial charge in [0.1, 0.15) is 10.5 Å². The van der Waals surface area contributed by atoms with Crippen molar-refractivity contribution in [2.75, 3.05) is 0 Å². The number of rotatable bonds is 2. The maximum Gasteiger partial charge on any atom is 0.286 e. The molecule has 1 saturated carbocycles. The Morgan fingerprint density at radius 2 is 2.06 bits per heavy atom. The van der Waals surface area contributed by atoms with Gasteiger partial charge in [-0.25, -0.2) is 8.42 Å². The molecule has 0 atom stereocenters. The van der Waals surface area contributed by atoms with E-state index < -0.39 is 14.0 Å². The molecule has 0 amide bonds. The van der Waals surface area contributed by atoms with Gasteiger partial charge in [-0.3, -0.25) is 10.1 Å². The summed E-state index contributed by atoms with van der Waals surface area (Å²) in [6.45, 7) is 0. The fourth-order valence-electron chi connectivity index (χ4n) is 1.40. The minimum atomic E-state index is -4.05. The summed E-state index contributed by atoms with van der Waals surface area (Å²) in [5.74, 6) is 5.58. The third kappa shape index (κ3) is 2.81. The smallest absolute Gasteiger partial charge is 0.258 e. The summed E-state index contributed by atoms with van der Waals surface area (Å²) in [7, 11) is 1.20. The first kappa shape index (κ1) is 12.9. The molecule has 0 spiro atoms. The molecule has 94 valence electrons. The van der Waals surface area contributed by atoms with Crippen molar-refractivity contribution < 1.29 is 13.3 Å².